The molecule has 2 saturated heterocycles. The summed E-state index contributed by atoms with van der Waals surface area (Å²) in [6.07, 6.45) is 0.996. The van der Waals surface area contributed by atoms with Gasteiger partial charge in [-0.25, -0.2) is 14.4 Å². The summed E-state index contributed by atoms with van der Waals surface area (Å²) in [5.41, 5.74) is -0.310. The maximum atomic E-state index is 12.7. The molecule has 8 nitrogen and oxygen atoms in total. The number of urea groups is 1. The van der Waals surface area contributed by atoms with Crippen LogP contribution in [0.25, 0.3) is 0 Å². The topological polar surface area (TPSA) is 88.2 Å². The molecule has 0 saturated carbocycles. The number of anilines is 1. The normalized spacial score (nSPS) is 18.7. The van der Waals surface area contributed by atoms with Crippen LogP contribution < -0.4 is 10.2 Å². The highest BCUT2D eigenvalue weighted by molar-refractivity contribution is 5.96. The van der Waals surface area contributed by atoms with Crippen LogP contribution in [0.3, 0.4) is 0 Å². The van der Waals surface area contributed by atoms with Crippen LogP contribution in [0.1, 0.15) is 64.7 Å². The van der Waals surface area contributed by atoms with Crippen LogP contribution in [0.4, 0.5) is 15.3 Å². The van der Waals surface area contributed by atoms with Crippen molar-refractivity contribution in [3.63, 3.8) is 0 Å². The maximum Gasteiger partial charge on any atom is 0.410 e. The third-order valence-corrected chi connectivity index (χ3v) is 5.26. The number of benzene rings is 1. The first-order valence-electron chi connectivity index (χ1n) is 10.7. The summed E-state index contributed by atoms with van der Waals surface area (Å²) >= 11 is 0. The van der Waals surface area contributed by atoms with Gasteiger partial charge in [0.25, 0.3) is 0 Å². The Bertz CT molecular complexity index is 843. The van der Waals surface area contributed by atoms with E-state index in [-0.39, 0.29) is 17.7 Å². The molecule has 1 aromatic rings. The fourth-order valence-corrected chi connectivity index (χ4v) is 3.76. The van der Waals surface area contributed by atoms with Crippen molar-refractivity contribution in [2.45, 2.75) is 71.1 Å². The number of nitrogens with zero attached hydrogens (tertiary/aromatic N) is 2. The number of nitrogens with one attached hydrogen (secondary N) is 1. The molecule has 2 aliphatic heterocycles. The van der Waals surface area contributed by atoms with Crippen LogP contribution >= 0.6 is 0 Å². The molecule has 0 atom stereocenters. The van der Waals surface area contributed by atoms with Gasteiger partial charge in [-0.2, -0.15) is 0 Å². The molecule has 1 N–H and O–H groups in total. The van der Waals surface area contributed by atoms with Crippen molar-refractivity contribution in [1.29, 1.82) is 0 Å². The monoisotopic (exact) mass is 431 g/mol. The molecule has 3 amide bonds. The smallest absolute Gasteiger partial charge is 0.410 e. The van der Waals surface area contributed by atoms with Crippen LogP contribution in [-0.4, -0.2) is 59.4 Å². The fourth-order valence-electron chi connectivity index (χ4n) is 3.76. The Labute approximate surface area is 183 Å². The number of likely N-dealkylation sites (tertiary alicyclic amines) is 1. The van der Waals surface area contributed by atoms with Crippen molar-refractivity contribution >= 4 is 23.8 Å². The lowest BCUT2D eigenvalue weighted by Gasteiger charge is -2.39. The number of esters is 1. The highest BCUT2D eigenvalue weighted by atomic mass is 16.6. The van der Waals surface area contributed by atoms with E-state index in [2.05, 4.69) is 5.32 Å². The highest BCUT2D eigenvalue weighted by Gasteiger charge is 2.46. The van der Waals surface area contributed by atoms with Crippen LogP contribution in [0.2, 0.25) is 0 Å². The van der Waals surface area contributed by atoms with E-state index < -0.39 is 17.2 Å². The molecule has 0 aromatic heterocycles. The minimum atomic E-state index is -0.564. The van der Waals surface area contributed by atoms with Crippen molar-refractivity contribution in [3.05, 3.63) is 29.8 Å². The number of piperidine rings is 1. The Balaban J connectivity index is 1.62. The van der Waals surface area contributed by atoms with Gasteiger partial charge in [0.2, 0.25) is 0 Å². The minimum absolute atomic E-state index is 0.171. The van der Waals surface area contributed by atoms with E-state index in [9.17, 15) is 14.4 Å². The lowest BCUT2D eigenvalue weighted by atomic mass is 9.88. The Hall–Kier alpha value is -2.77. The summed E-state index contributed by atoms with van der Waals surface area (Å²) in [4.78, 5) is 40.6. The summed E-state index contributed by atoms with van der Waals surface area (Å²) < 4.78 is 10.8. The van der Waals surface area contributed by atoms with E-state index in [1.165, 1.54) is 0 Å². The van der Waals surface area contributed by atoms with Crippen LogP contribution in [0.15, 0.2) is 24.3 Å². The van der Waals surface area contributed by atoms with Gasteiger partial charge in [0.1, 0.15) is 11.2 Å². The second-order valence-electron chi connectivity index (χ2n) is 10.3. The number of carbonyl (C=O) groups excluding carboxylic acids is 3. The summed E-state index contributed by atoms with van der Waals surface area (Å²) in [6.45, 7) is 12.6. The predicted octanol–water partition coefficient (Wildman–Crippen LogP) is 3.94. The second kappa shape index (κ2) is 8.05. The molecular weight excluding hydrogens is 398 g/mol. The van der Waals surface area contributed by atoms with Gasteiger partial charge in [-0.05, 0) is 78.6 Å². The van der Waals surface area contributed by atoms with Gasteiger partial charge >= 0.3 is 18.1 Å². The maximum absolute atomic E-state index is 12.7. The standard InChI is InChI=1S/C23H33N3O5/c1-21(2,3)30-18(27)16-7-9-17(10-8-16)26-15-23(24-19(26)28)11-13-25(14-12-23)20(29)31-22(4,5)6/h7-10H,11-15H2,1-6H3,(H,24,28). The number of rotatable bonds is 2. The quantitative estimate of drug-likeness (QED) is 0.717. The minimum Gasteiger partial charge on any atom is -0.456 e. The van der Waals surface area contributed by atoms with E-state index in [4.69, 9.17) is 9.47 Å². The number of ether oxygens (including phenoxy) is 2. The first-order chi connectivity index (χ1) is 14.3. The van der Waals surface area contributed by atoms with Gasteiger partial charge in [0.15, 0.2) is 0 Å². The average molecular weight is 432 g/mol. The van der Waals surface area contributed by atoms with Crippen molar-refractivity contribution in [2.24, 2.45) is 0 Å². The van der Waals surface area contributed by atoms with Gasteiger partial charge in [-0.15, -0.1) is 0 Å². The van der Waals surface area contributed by atoms with Crippen LogP contribution in [0, 0.1) is 0 Å². The van der Waals surface area contributed by atoms with E-state index in [1.807, 2.05) is 41.5 Å². The Morgan fingerprint density at radius 3 is 2.00 bits per heavy atom. The highest BCUT2D eigenvalue weighted by Crippen LogP contribution is 2.32. The first-order valence-corrected chi connectivity index (χ1v) is 10.7. The molecule has 2 fully saturated rings. The molecule has 2 heterocycles. The molecule has 2 aliphatic rings. The molecule has 0 radical (unpaired) electrons. The number of hydrogen-bond donors (Lipinski definition) is 1. The molecule has 8 heteroatoms. The molecular formula is C23H33N3O5. The molecule has 170 valence electrons. The van der Waals surface area contributed by atoms with Gasteiger partial charge in [-0.1, -0.05) is 0 Å². The zero-order chi connectivity index (χ0) is 23.0. The van der Waals surface area contributed by atoms with Crippen molar-refractivity contribution in [1.82, 2.24) is 10.2 Å². The Morgan fingerprint density at radius 1 is 0.935 bits per heavy atom. The average Bonchev–Trinajstić information content (AvgIpc) is 2.95. The molecule has 3 rings (SSSR count). The molecule has 31 heavy (non-hydrogen) atoms. The molecule has 1 spiro atoms. The zero-order valence-electron chi connectivity index (χ0n) is 19.3. The van der Waals surface area contributed by atoms with Gasteiger partial charge in [0, 0.05) is 18.8 Å². The van der Waals surface area contributed by atoms with E-state index >= 15 is 0 Å². The lowest BCUT2D eigenvalue weighted by molar-refractivity contribution is 0.00680. The summed E-state index contributed by atoms with van der Waals surface area (Å²) in [5.74, 6) is -0.393. The van der Waals surface area contributed by atoms with Crippen molar-refractivity contribution in [3.8, 4) is 0 Å². The molecule has 0 unspecified atom stereocenters. The summed E-state index contributed by atoms with van der Waals surface area (Å²) in [5, 5.41) is 3.11. The predicted molar refractivity (Wildman–Crippen MR) is 117 cm³/mol. The Morgan fingerprint density at radius 2 is 1.48 bits per heavy atom. The van der Waals surface area contributed by atoms with Crippen molar-refractivity contribution < 1.29 is 23.9 Å². The van der Waals surface area contributed by atoms with Crippen molar-refractivity contribution in [2.75, 3.05) is 24.5 Å². The Kier molecular flexibility index (Phi) is 5.95. The lowest BCUT2D eigenvalue weighted by Crippen LogP contribution is -2.54. The zero-order valence-corrected chi connectivity index (χ0v) is 19.3. The third-order valence-electron chi connectivity index (χ3n) is 5.26. The summed E-state index contributed by atoms with van der Waals surface area (Å²) in [6, 6.07) is 6.69. The number of amides is 3. The van der Waals surface area contributed by atoms with Gasteiger partial charge < -0.3 is 19.7 Å². The largest absolute Gasteiger partial charge is 0.456 e. The second-order valence-corrected chi connectivity index (χ2v) is 10.3. The fraction of sp³-hybridized carbons (Fsp3) is 0.609. The van der Waals surface area contributed by atoms with Gasteiger partial charge in [0.05, 0.1) is 17.6 Å². The number of carbonyl (C=O) groups is 3. The summed E-state index contributed by atoms with van der Waals surface area (Å²) in [7, 11) is 0. The van der Waals surface area contributed by atoms with Crippen LogP contribution in [0.5, 0.6) is 0 Å². The number of hydrogen-bond acceptors (Lipinski definition) is 5. The van der Waals surface area contributed by atoms with Crippen LogP contribution in [-0.2, 0) is 9.47 Å². The SMILES string of the molecule is CC(C)(C)OC(=O)c1ccc(N2CC3(CCN(C(=O)OC(C)(C)C)CC3)NC2=O)cc1. The third kappa shape index (κ3) is 5.68. The van der Waals surface area contributed by atoms with E-state index in [0.717, 1.165) is 5.69 Å². The van der Waals surface area contributed by atoms with Gasteiger partial charge in [-0.3, -0.25) is 4.90 Å². The first kappa shape index (κ1) is 22.9. The molecule has 1 aromatic carbocycles. The van der Waals surface area contributed by atoms with E-state index in [1.54, 1.807) is 34.1 Å². The van der Waals surface area contributed by atoms with E-state index in [0.29, 0.717) is 38.0 Å². The molecule has 0 bridgehead atoms. The molecule has 0 aliphatic carbocycles.